The van der Waals surface area contributed by atoms with E-state index in [4.69, 9.17) is 0 Å². The van der Waals surface area contributed by atoms with E-state index in [9.17, 15) is 0 Å². The summed E-state index contributed by atoms with van der Waals surface area (Å²) in [5.41, 5.74) is 1.36. The molecule has 2 heteroatoms. The number of para-hydroxylation sites is 1. The number of nitrogens with one attached hydrogen (secondary N) is 1. The largest absolute Gasteiger partial charge is 0.370 e. The van der Waals surface area contributed by atoms with Gasteiger partial charge >= 0.3 is 0 Å². The van der Waals surface area contributed by atoms with Crippen LogP contribution in [0.2, 0.25) is 0 Å². The second-order valence-corrected chi connectivity index (χ2v) is 5.49. The van der Waals surface area contributed by atoms with Crippen LogP contribution in [0.1, 0.15) is 52.4 Å². The molecule has 0 spiro atoms. The van der Waals surface area contributed by atoms with Crippen LogP contribution in [0.25, 0.3) is 0 Å². The maximum absolute atomic E-state index is 3.58. The van der Waals surface area contributed by atoms with Gasteiger partial charge < -0.3 is 10.2 Å². The molecular weight excluding hydrogens is 244 g/mol. The SMILES string of the molecule is CCCCCCNCCN(CCCC)c1ccccc1. The third-order valence-corrected chi connectivity index (χ3v) is 3.67. The van der Waals surface area contributed by atoms with Gasteiger partial charge in [-0.05, 0) is 31.5 Å². The number of anilines is 1. The van der Waals surface area contributed by atoms with E-state index in [1.165, 1.54) is 44.2 Å². The minimum Gasteiger partial charge on any atom is -0.370 e. The summed E-state index contributed by atoms with van der Waals surface area (Å²) in [6.07, 6.45) is 7.89. The summed E-state index contributed by atoms with van der Waals surface area (Å²) < 4.78 is 0. The lowest BCUT2D eigenvalue weighted by molar-refractivity contribution is 0.589. The van der Waals surface area contributed by atoms with Gasteiger partial charge in [0.15, 0.2) is 0 Å². The van der Waals surface area contributed by atoms with E-state index in [2.05, 4.69) is 54.4 Å². The van der Waals surface area contributed by atoms with Crippen molar-refractivity contribution >= 4 is 5.69 Å². The van der Waals surface area contributed by atoms with E-state index in [-0.39, 0.29) is 0 Å². The Labute approximate surface area is 125 Å². The predicted molar refractivity (Wildman–Crippen MR) is 90.6 cm³/mol. The van der Waals surface area contributed by atoms with Crippen molar-refractivity contribution in [3.8, 4) is 0 Å². The first-order chi connectivity index (χ1) is 9.88. The molecule has 0 unspecified atom stereocenters. The summed E-state index contributed by atoms with van der Waals surface area (Å²) >= 11 is 0. The predicted octanol–water partition coefficient (Wildman–Crippen LogP) is 4.46. The number of hydrogen-bond acceptors (Lipinski definition) is 2. The molecule has 1 rings (SSSR count). The number of benzene rings is 1. The Kier molecular flexibility index (Phi) is 10.0. The van der Waals surface area contributed by atoms with Crippen molar-refractivity contribution in [3.05, 3.63) is 30.3 Å². The maximum Gasteiger partial charge on any atom is 0.0366 e. The van der Waals surface area contributed by atoms with Gasteiger partial charge in [-0.15, -0.1) is 0 Å². The van der Waals surface area contributed by atoms with Crippen molar-refractivity contribution in [1.82, 2.24) is 5.32 Å². The van der Waals surface area contributed by atoms with Crippen LogP contribution < -0.4 is 10.2 Å². The van der Waals surface area contributed by atoms with Crippen LogP contribution in [0, 0.1) is 0 Å². The minimum absolute atomic E-state index is 1.09. The van der Waals surface area contributed by atoms with Crippen LogP contribution in [0.15, 0.2) is 30.3 Å². The third-order valence-electron chi connectivity index (χ3n) is 3.67. The summed E-state index contributed by atoms with van der Waals surface area (Å²) in [5, 5.41) is 3.58. The Morgan fingerprint density at radius 2 is 1.55 bits per heavy atom. The molecule has 20 heavy (non-hydrogen) atoms. The third kappa shape index (κ3) is 7.54. The quantitative estimate of drug-likeness (QED) is 0.567. The Bertz CT molecular complexity index is 310. The fraction of sp³-hybridized carbons (Fsp3) is 0.667. The summed E-state index contributed by atoms with van der Waals surface area (Å²) in [7, 11) is 0. The highest BCUT2D eigenvalue weighted by molar-refractivity contribution is 5.45. The molecule has 1 aromatic carbocycles. The van der Waals surface area contributed by atoms with Gasteiger partial charge in [0.05, 0.1) is 0 Å². The molecule has 0 radical (unpaired) electrons. The number of rotatable bonds is 12. The van der Waals surface area contributed by atoms with Gasteiger partial charge in [-0.3, -0.25) is 0 Å². The molecule has 0 aliphatic carbocycles. The Balaban J connectivity index is 2.24. The zero-order chi connectivity index (χ0) is 14.5. The van der Waals surface area contributed by atoms with Crippen LogP contribution in [0.4, 0.5) is 5.69 Å². The lowest BCUT2D eigenvalue weighted by Crippen LogP contribution is -2.33. The van der Waals surface area contributed by atoms with Gasteiger partial charge in [-0.25, -0.2) is 0 Å². The first-order valence-corrected chi connectivity index (χ1v) is 8.39. The van der Waals surface area contributed by atoms with Gasteiger partial charge in [-0.2, -0.15) is 0 Å². The van der Waals surface area contributed by atoms with E-state index in [0.29, 0.717) is 0 Å². The fourth-order valence-corrected chi connectivity index (χ4v) is 2.37. The van der Waals surface area contributed by atoms with Crippen LogP contribution in [0.3, 0.4) is 0 Å². The molecule has 1 aromatic rings. The van der Waals surface area contributed by atoms with Gasteiger partial charge in [0.25, 0.3) is 0 Å². The highest BCUT2D eigenvalue weighted by Crippen LogP contribution is 2.13. The van der Waals surface area contributed by atoms with Crippen molar-refractivity contribution in [3.63, 3.8) is 0 Å². The van der Waals surface area contributed by atoms with E-state index in [0.717, 1.165) is 26.2 Å². The molecule has 0 bridgehead atoms. The smallest absolute Gasteiger partial charge is 0.0366 e. The monoisotopic (exact) mass is 276 g/mol. The van der Waals surface area contributed by atoms with Gasteiger partial charge in [-0.1, -0.05) is 57.7 Å². The average Bonchev–Trinajstić information content (AvgIpc) is 2.50. The molecule has 0 aliphatic rings. The van der Waals surface area contributed by atoms with Crippen LogP contribution >= 0.6 is 0 Å². The zero-order valence-corrected chi connectivity index (χ0v) is 13.4. The van der Waals surface area contributed by atoms with E-state index >= 15 is 0 Å². The average molecular weight is 276 g/mol. The second kappa shape index (κ2) is 11.8. The fourth-order valence-electron chi connectivity index (χ4n) is 2.37. The Hall–Kier alpha value is -1.02. The standard InChI is InChI=1S/C18H32N2/c1-3-5-7-11-14-19-15-17-20(16-6-4-2)18-12-9-8-10-13-18/h8-10,12-13,19H,3-7,11,14-17H2,1-2H3. The maximum atomic E-state index is 3.58. The topological polar surface area (TPSA) is 15.3 Å². The first-order valence-electron chi connectivity index (χ1n) is 8.39. The molecule has 0 aliphatic heterocycles. The van der Waals surface area contributed by atoms with Gasteiger partial charge in [0.1, 0.15) is 0 Å². The van der Waals surface area contributed by atoms with Crippen molar-refractivity contribution in [2.24, 2.45) is 0 Å². The number of nitrogens with zero attached hydrogens (tertiary/aromatic N) is 1. The molecule has 0 heterocycles. The zero-order valence-electron chi connectivity index (χ0n) is 13.4. The molecule has 0 fully saturated rings. The highest BCUT2D eigenvalue weighted by atomic mass is 15.1. The van der Waals surface area contributed by atoms with Crippen molar-refractivity contribution in [1.29, 1.82) is 0 Å². The van der Waals surface area contributed by atoms with Crippen LogP contribution in [-0.4, -0.2) is 26.2 Å². The summed E-state index contributed by atoms with van der Waals surface area (Å²) in [6.45, 7) is 9.05. The highest BCUT2D eigenvalue weighted by Gasteiger charge is 2.04. The lowest BCUT2D eigenvalue weighted by atomic mass is 10.2. The van der Waals surface area contributed by atoms with Gasteiger partial charge in [0.2, 0.25) is 0 Å². The van der Waals surface area contributed by atoms with Crippen LogP contribution in [0.5, 0.6) is 0 Å². The Morgan fingerprint density at radius 1 is 0.800 bits per heavy atom. The van der Waals surface area contributed by atoms with Crippen molar-refractivity contribution < 1.29 is 0 Å². The first kappa shape index (κ1) is 17.0. The molecule has 114 valence electrons. The molecule has 1 N–H and O–H groups in total. The van der Waals surface area contributed by atoms with E-state index in [1.54, 1.807) is 0 Å². The molecule has 0 aromatic heterocycles. The molecular formula is C18H32N2. The normalized spacial score (nSPS) is 10.7. The number of unbranched alkanes of at least 4 members (excludes halogenated alkanes) is 4. The molecule has 0 saturated heterocycles. The van der Waals surface area contributed by atoms with Crippen LogP contribution in [-0.2, 0) is 0 Å². The van der Waals surface area contributed by atoms with E-state index in [1.807, 2.05) is 0 Å². The lowest BCUT2D eigenvalue weighted by Gasteiger charge is -2.25. The molecule has 0 saturated carbocycles. The summed E-state index contributed by atoms with van der Waals surface area (Å²) in [6, 6.07) is 10.8. The molecule has 0 atom stereocenters. The van der Waals surface area contributed by atoms with Crippen molar-refractivity contribution in [2.45, 2.75) is 52.4 Å². The summed E-state index contributed by atoms with van der Waals surface area (Å²) in [5.74, 6) is 0. The van der Waals surface area contributed by atoms with Gasteiger partial charge in [0, 0.05) is 25.3 Å². The molecule has 0 amide bonds. The minimum atomic E-state index is 1.09. The summed E-state index contributed by atoms with van der Waals surface area (Å²) in [4.78, 5) is 2.50. The van der Waals surface area contributed by atoms with Crippen molar-refractivity contribution in [2.75, 3.05) is 31.1 Å². The van der Waals surface area contributed by atoms with E-state index < -0.39 is 0 Å². The second-order valence-electron chi connectivity index (χ2n) is 5.49. The number of hydrogen-bond donors (Lipinski definition) is 1. The Morgan fingerprint density at radius 3 is 2.25 bits per heavy atom. The molecule has 2 nitrogen and oxygen atoms in total.